The molecule has 0 aliphatic carbocycles. The zero-order valence-corrected chi connectivity index (χ0v) is 13.2. The Balaban J connectivity index is 1.96. The largest absolute Gasteiger partial charge is 0.444 e. The second-order valence-electron chi connectivity index (χ2n) is 6.08. The molecule has 0 aromatic carbocycles. The first-order valence-corrected chi connectivity index (χ1v) is 7.39. The predicted molar refractivity (Wildman–Crippen MR) is 75.6 cm³/mol. The predicted octanol–water partition coefficient (Wildman–Crippen LogP) is 2.92. The minimum atomic E-state index is -0.449. The van der Waals surface area contributed by atoms with Crippen molar-refractivity contribution in [1.82, 2.24) is 10.4 Å². The summed E-state index contributed by atoms with van der Waals surface area (Å²) in [6, 6.07) is 0. The number of rotatable bonds is 0. The molecule has 0 aromatic rings. The standard InChI is InChI=1S/C13H21BrN2O3/c1-12(2,3)18-11(17)16-7-4-5-13(6-8-16)9-10(14)15-19-13/h9,15H,4-8H2,1-3H3/t13-/m0/s1. The van der Waals surface area contributed by atoms with Crippen molar-refractivity contribution in [3.05, 3.63) is 10.7 Å². The Labute approximate surface area is 122 Å². The van der Waals surface area contributed by atoms with Gasteiger partial charge in [-0.3, -0.25) is 10.3 Å². The van der Waals surface area contributed by atoms with Crippen molar-refractivity contribution < 1.29 is 14.4 Å². The number of halogens is 1. The number of likely N-dealkylation sites (tertiary alicyclic amines) is 1. The SMILES string of the molecule is CC(C)(C)OC(=O)N1CCC[C@@]2(C=C(Br)NO2)CC1. The van der Waals surface area contributed by atoms with Crippen LogP contribution in [0.5, 0.6) is 0 Å². The van der Waals surface area contributed by atoms with Gasteiger partial charge in [-0.25, -0.2) is 4.79 Å². The number of ether oxygens (including phenoxy) is 1. The molecule has 2 aliphatic heterocycles. The fourth-order valence-electron chi connectivity index (χ4n) is 2.33. The van der Waals surface area contributed by atoms with Gasteiger partial charge in [-0.1, -0.05) is 0 Å². The molecule has 0 radical (unpaired) electrons. The van der Waals surface area contributed by atoms with Gasteiger partial charge >= 0.3 is 6.09 Å². The third kappa shape index (κ3) is 3.86. The lowest BCUT2D eigenvalue weighted by Crippen LogP contribution is -2.38. The quantitative estimate of drug-likeness (QED) is 0.693. The zero-order chi connectivity index (χ0) is 14.1. The Morgan fingerprint density at radius 1 is 1.47 bits per heavy atom. The Kier molecular flexibility index (Phi) is 4.11. The van der Waals surface area contributed by atoms with E-state index in [1.165, 1.54) is 0 Å². The summed E-state index contributed by atoms with van der Waals surface area (Å²) in [7, 11) is 0. The van der Waals surface area contributed by atoms with Crippen LogP contribution in [0.2, 0.25) is 0 Å². The van der Waals surface area contributed by atoms with E-state index in [0.29, 0.717) is 13.1 Å². The number of hydroxylamine groups is 1. The molecular weight excluding hydrogens is 312 g/mol. The second-order valence-corrected chi connectivity index (χ2v) is 6.94. The summed E-state index contributed by atoms with van der Waals surface area (Å²) in [6.45, 7) is 7.01. The van der Waals surface area contributed by atoms with Gasteiger partial charge in [0.15, 0.2) is 0 Å². The minimum Gasteiger partial charge on any atom is -0.444 e. The lowest BCUT2D eigenvalue weighted by Gasteiger charge is -2.27. The van der Waals surface area contributed by atoms with Gasteiger partial charge < -0.3 is 9.64 Å². The van der Waals surface area contributed by atoms with Crippen molar-refractivity contribution in [1.29, 1.82) is 0 Å². The molecule has 19 heavy (non-hydrogen) atoms. The normalized spacial score (nSPS) is 27.8. The first-order valence-electron chi connectivity index (χ1n) is 6.60. The molecule has 2 aliphatic rings. The lowest BCUT2D eigenvalue weighted by atomic mass is 9.95. The molecule has 1 spiro atoms. The van der Waals surface area contributed by atoms with E-state index in [1.54, 1.807) is 4.90 Å². The van der Waals surface area contributed by atoms with E-state index >= 15 is 0 Å². The molecule has 108 valence electrons. The van der Waals surface area contributed by atoms with Gasteiger partial charge in [0.1, 0.15) is 15.8 Å². The van der Waals surface area contributed by atoms with Crippen LogP contribution < -0.4 is 5.48 Å². The van der Waals surface area contributed by atoms with Crippen LogP contribution in [-0.2, 0) is 9.57 Å². The number of nitrogens with zero attached hydrogens (tertiary/aromatic N) is 1. The second kappa shape index (κ2) is 5.32. The van der Waals surface area contributed by atoms with Gasteiger partial charge in [-0.15, -0.1) is 0 Å². The van der Waals surface area contributed by atoms with E-state index < -0.39 is 5.60 Å². The molecule has 1 N–H and O–H groups in total. The van der Waals surface area contributed by atoms with Crippen molar-refractivity contribution in [3.63, 3.8) is 0 Å². The summed E-state index contributed by atoms with van der Waals surface area (Å²) >= 11 is 3.38. The highest BCUT2D eigenvalue weighted by molar-refractivity contribution is 9.11. The highest BCUT2D eigenvalue weighted by Gasteiger charge is 2.37. The number of hydrogen-bond donors (Lipinski definition) is 1. The number of hydrogen-bond acceptors (Lipinski definition) is 4. The monoisotopic (exact) mass is 332 g/mol. The van der Waals surface area contributed by atoms with Crippen LogP contribution in [0, 0.1) is 0 Å². The van der Waals surface area contributed by atoms with Crippen molar-refractivity contribution in [2.45, 2.75) is 51.2 Å². The Morgan fingerprint density at radius 3 is 2.79 bits per heavy atom. The van der Waals surface area contributed by atoms with E-state index in [9.17, 15) is 4.79 Å². The molecule has 0 saturated carbocycles. The molecule has 2 heterocycles. The lowest BCUT2D eigenvalue weighted by molar-refractivity contribution is -0.0461. The van der Waals surface area contributed by atoms with Gasteiger partial charge in [-0.05, 0) is 55.6 Å². The smallest absolute Gasteiger partial charge is 0.410 e. The van der Waals surface area contributed by atoms with E-state index in [2.05, 4.69) is 21.4 Å². The van der Waals surface area contributed by atoms with Gasteiger partial charge in [0, 0.05) is 19.5 Å². The first-order chi connectivity index (χ1) is 8.80. The highest BCUT2D eigenvalue weighted by atomic mass is 79.9. The van der Waals surface area contributed by atoms with Gasteiger partial charge in [0.2, 0.25) is 0 Å². The zero-order valence-electron chi connectivity index (χ0n) is 11.7. The third-order valence-corrected chi connectivity index (χ3v) is 3.62. The molecule has 5 nitrogen and oxygen atoms in total. The van der Waals surface area contributed by atoms with E-state index in [1.807, 2.05) is 26.8 Å². The Hall–Kier alpha value is -0.750. The van der Waals surface area contributed by atoms with E-state index in [-0.39, 0.29) is 11.7 Å². The summed E-state index contributed by atoms with van der Waals surface area (Å²) in [4.78, 5) is 19.5. The molecule has 0 bridgehead atoms. The van der Waals surface area contributed by atoms with Gasteiger partial charge in [0.05, 0.1) is 0 Å². The first kappa shape index (κ1) is 14.7. The molecule has 6 heteroatoms. The van der Waals surface area contributed by atoms with E-state index in [0.717, 1.165) is 23.9 Å². The van der Waals surface area contributed by atoms with Crippen LogP contribution in [-0.4, -0.2) is 35.3 Å². The average Bonchev–Trinajstić information content (AvgIpc) is 2.52. The number of carbonyl (C=O) groups excluding carboxylic acids is 1. The van der Waals surface area contributed by atoms with Crippen LogP contribution in [0.15, 0.2) is 10.7 Å². The summed E-state index contributed by atoms with van der Waals surface area (Å²) in [5, 5.41) is 0. The number of nitrogens with one attached hydrogen (secondary N) is 1. The number of carbonyl (C=O) groups is 1. The van der Waals surface area contributed by atoms with Crippen molar-refractivity contribution in [3.8, 4) is 0 Å². The molecule has 1 saturated heterocycles. The molecule has 1 fully saturated rings. The van der Waals surface area contributed by atoms with Crippen molar-refractivity contribution >= 4 is 22.0 Å². The van der Waals surface area contributed by atoms with Crippen LogP contribution >= 0.6 is 15.9 Å². The number of amides is 1. The Bertz CT molecular complexity index is 392. The third-order valence-electron chi connectivity index (χ3n) is 3.23. The molecule has 1 amide bonds. The van der Waals surface area contributed by atoms with Gasteiger partial charge in [0.25, 0.3) is 0 Å². The maximum Gasteiger partial charge on any atom is 0.410 e. The highest BCUT2D eigenvalue weighted by Crippen LogP contribution is 2.33. The molecule has 0 unspecified atom stereocenters. The summed E-state index contributed by atoms with van der Waals surface area (Å²) in [5.41, 5.74) is 2.09. The van der Waals surface area contributed by atoms with E-state index in [4.69, 9.17) is 9.57 Å². The average molecular weight is 333 g/mol. The molecular formula is C13H21BrN2O3. The maximum absolute atomic E-state index is 12.1. The molecule has 1 atom stereocenters. The van der Waals surface area contributed by atoms with Crippen LogP contribution in [0.1, 0.15) is 40.0 Å². The van der Waals surface area contributed by atoms with Crippen LogP contribution in [0.4, 0.5) is 4.79 Å². The fourth-order valence-corrected chi connectivity index (χ4v) is 2.82. The Morgan fingerprint density at radius 2 is 2.21 bits per heavy atom. The summed E-state index contributed by atoms with van der Waals surface area (Å²) in [5.74, 6) is 0. The molecule has 2 rings (SSSR count). The van der Waals surface area contributed by atoms with Crippen LogP contribution in [0.3, 0.4) is 0 Å². The maximum atomic E-state index is 12.1. The van der Waals surface area contributed by atoms with Crippen LogP contribution in [0.25, 0.3) is 0 Å². The minimum absolute atomic E-state index is 0.237. The summed E-state index contributed by atoms with van der Waals surface area (Å²) < 4.78 is 6.27. The molecule has 0 aromatic heterocycles. The summed E-state index contributed by atoms with van der Waals surface area (Å²) in [6.07, 6.45) is 4.38. The van der Waals surface area contributed by atoms with Crippen molar-refractivity contribution in [2.75, 3.05) is 13.1 Å². The van der Waals surface area contributed by atoms with Crippen molar-refractivity contribution in [2.24, 2.45) is 0 Å². The topological polar surface area (TPSA) is 50.8 Å². The van der Waals surface area contributed by atoms with Gasteiger partial charge in [-0.2, -0.15) is 0 Å². The fraction of sp³-hybridized carbons (Fsp3) is 0.769.